The number of nitrogens with one attached hydrogen (secondary N) is 1. The lowest BCUT2D eigenvalue weighted by atomic mass is 10.1. The first kappa shape index (κ1) is 24.5. The van der Waals surface area contributed by atoms with Crippen molar-refractivity contribution in [3.05, 3.63) is 63.6 Å². The lowest BCUT2D eigenvalue weighted by Crippen LogP contribution is -2.35. The van der Waals surface area contributed by atoms with Crippen LogP contribution in [0.5, 0.6) is 0 Å². The Kier molecular flexibility index (Phi) is 8.55. The van der Waals surface area contributed by atoms with Crippen LogP contribution in [0.15, 0.2) is 47.4 Å². The number of carbonyl (C=O) groups is 1. The summed E-state index contributed by atoms with van der Waals surface area (Å²) in [5.41, 5.74) is 1.71. The molecule has 1 fully saturated rings. The highest BCUT2D eigenvalue weighted by molar-refractivity contribution is 7.91. The van der Waals surface area contributed by atoms with Gasteiger partial charge in [0.1, 0.15) is 5.88 Å². The van der Waals surface area contributed by atoms with Gasteiger partial charge >= 0.3 is 0 Å². The summed E-state index contributed by atoms with van der Waals surface area (Å²) >= 11 is 11.9. The number of benzene rings is 2. The molecule has 1 amide bonds. The summed E-state index contributed by atoms with van der Waals surface area (Å²) in [6.07, 6.45) is 3.68. The number of sulfone groups is 1. The molecular formula is C23H25Cl2N3O3S. The molecule has 0 saturated heterocycles. The van der Waals surface area contributed by atoms with Crippen molar-refractivity contribution in [3.63, 3.8) is 0 Å². The molecule has 2 aromatic rings. The third kappa shape index (κ3) is 6.69. The summed E-state index contributed by atoms with van der Waals surface area (Å²) in [5, 5.41) is 12.0. The topological polar surface area (TPSA) is 90.3 Å². The minimum Gasteiger partial charge on any atom is -0.339 e. The number of nitrogens with zero attached hydrogens (tertiary/aromatic N) is 2. The Bertz CT molecular complexity index is 1090. The Balaban J connectivity index is 1.43. The van der Waals surface area contributed by atoms with Crippen LogP contribution in [0, 0.1) is 11.3 Å². The molecule has 0 spiro atoms. The van der Waals surface area contributed by atoms with Gasteiger partial charge in [0.25, 0.3) is 0 Å². The molecule has 1 N–H and O–H groups in total. The average molecular weight is 494 g/mol. The number of halogens is 2. The molecular weight excluding hydrogens is 469 g/mol. The fourth-order valence-corrected chi connectivity index (χ4v) is 5.36. The molecule has 0 bridgehead atoms. The molecule has 1 saturated carbocycles. The Labute approximate surface area is 199 Å². The van der Waals surface area contributed by atoms with E-state index in [4.69, 9.17) is 28.5 Å². The summed E-state index contributed by atoms with van der Waals surface area (Å²) < 4.78 is 24.9. The van der Waals surface area contributed by atoms with Gasteiger partial charge in [0.05, 0.1) is 26.6 Å². The number of amides is 1. The van der Waals surface area contributed by atoms with E-state index in [1.807, 2.05) is 17.0 Å². The van der Waals surface area contributed by atoms with E-state index in [1.54, 1.807) is 18.2 Å². The molecule has 3 rings (SSSR count). The SMILES string of the molecule is N#Cc1ccc(CCN(C(=O)CCCNCS(=O)(=O)c2cccc(Cl)c2Cl)C2CC2)cc1. The van der Waals surface area contributed by atoms with E-state index in [9.17, 15) is 13.2 Å². The molecule has 0 aliphatic heterocycles. The summed E-state index contributed by atoms with van der Waals surface area (Å²) in [7, 11) is -3.62. The van der Waals surface area contributed by atoms with Crippen LogP contribution in [0.2, 0.25) is 10.0 Å². The van der Waals surface area contributed by atoms with E-state index < -0.39 is 9.84 Å². The molecule has 0 heterocycles. The van der Waals surface area contributed by atoms with E-state index in [0.29, 0.717) is 37.5 Å². The van der Waals surface area contributed by atoms with E-state index in [2.05, 4.69) is 11.4 Å². The number of hydrogen-bond donors (Lipinski definition) is 1. The number of nitriles is 1. The van der Waals surface area contributed by atoms with Crippen molar-refractivity contribution in [1.82, 2.24) is 10.2 Å². The van der Waals surface area contributed by atoms with Gasteiger partial charge in [-0.1, -0.05) is 41.4 Å². The van der Waals surface area contributed by atoms with Crippen molar-refractivity contribution in [3.8, 4) is 6.07 Å². The fourth-order valence-electron chi connectivity index (χ4n) is 3.41. The third-order valence-corrected chi connectivity index (χ3v) is 7.85. The zero-order valence-corrected chi connectivity index (χ0v) is 19.9. The van der Waals surface area contributed by atoms with Gasteiger partial charge in [-0.05, 0) is 62.1 Å². The van der Waals surface area contributed by atoms with E-state index in [0.717, 1.165) is 24.8 Å². The first-order chi connectivity index (χ1) is 15.3. The second kappa shape index (κ2) is 11.2. The molecule has 1 aliphatic rings. The molecule has 1 aliphatic carbocycles. The largest absolute Gasteiger partial charge is 0.339 e. The van der Waals surface area contributed by atoms with Crippen LogP contribution >= 0.6 is 23.2 Å². The Hall–Kier alpha value is -2.11. The van der Waals surface area contributed by atoms with Crippen LogP contribution < -0.4 is 5.32 Å². The second-order valence-corrected chi connectivity index (χ2v) is 10.5. The summed E-state index contributed by atoms with van der Waals surface area (Å²) in [4.78, 5) is 14.6. The first-order valence-electron chi connectivity index (χ1n) is 10.5. The zero-order chi connectivity index (χ0) is 23.1. The van der Waals surface area contributed by atoms with Gasteiger partial charge in [-0.2, -0.15) is 5.26 Å². The average Bonchev–Trinajstić information content (AvgIpc) is 3.61. The highest BCUT2D eigenvalue weighted by Crippen LogP contribution is 2.29. The van der Waals surface area contributed by atoms with Crippen molar-refractivity contribution >= 4 is 38.9 Å². The van der Waals surface area contributed by atoms with Crippen LogP contribution in [0.4, 0.5) is 0 Å². The molecule has 0 radical (unpaired) electrons. The van der Waals surface area contributed by atoms with Gasteiger partial charge in [0, 0.05) is 19.0 Å². The van der Waals surface area contributed by atoms with Crippen LogP contribution in [-0.2, 0) is 21.1 Å². The van der Waals surface area contributed by atoms with E-state index in [1.165, 1.54) is 12.1 Å². The van der Waals surface area contributed by atoms with Gasteiger partial charge in [-0.3, -0.25) is 4.79 Å². The number of hydrogen-bond acceptors (Lipinski definition) is 5. The molecule has 2 aromatic carbocycles. The van der Waals surface area contributed by atoms with Gasteiger partial charge in [-0.15, -0.1) is 0 Å². The minimum atomic E-state index is -3.62. The lowest BCUT2D eigenvalue weighted by Gasteiger charge is -2.22. The molecule has 6 nitrogen and oxygen atoms in total. The maximum absolute atomic E-state index is 12.7. The first-order valence-corrected chi connectivity index (χ1v) is 12.9. The van der Waals surface area contributed by atoms with Crippen LogP contribution in [0.25, 0.3) is 0 Å². The Morgan fingerprint density at radius 2 is 1.88 bits per heavy atom. The molecule has 0 unspecified atom stereocenters. The quantitative estimate of drug-likeness (QED) is 0.473. The van der Waals surface area contributed by atoms with Gasteiger partial charge in [-0.25, -0.2) is 8.42 Å². The molecule has 32 heavy (non-hydrogen) atoms. The van der Waals surface area contributed by atoms with Gasteiger partial charge in [0.15, 0.2) is 9.84 Å². The van der Waals surface area contributed by atoms with Crippen LogP contribution in [-0.4, -0.2) is 44.2 Å². The highest BCUT2D eigenvalue weighted by atomic mass is 35.5. The lowest BCUT2D eigenvalue weighted by molar-refractivity contribution is -0.131. The molecule has 170 valence electrons. The molecule has 0 aromatic heterocycles. The normalized spacial score (nSPS) is 13.5. The third-order valence-electron chi connectivity index (χ3n) is 5.32. The van der Waals surface area contributed by atoms with E-state index >= 15 is 0 Å². The minimum absolute atomic E-state index is 0.00189. The molecule has 0 atom stereocenters. The summed E-state index contributed by atoms with van der Waals surface area (Å²) in [6, 6.07) is 14.3. The Morgan fingerprint density at radius 1 is 1.16 bits per heavy atom. The fraction of sp³-hybridized carbons (Fsp3) is 0.391. The maximum atomic E-state index is 12.7. The van der Waals surface area contributed by atoms with Crippen molar-refractivity contribution in [2.75, 3.05) is 19.0 Å². The van der Waals surface area contributed by atoms with E-state index in [-0.39, 0.29) is 26.7 Å². The standard InChI is InChI=1S/C23H25Cl2N3O3S/c24-20-3-1-4-21(23(20)25)32(30,31)16-27-13-2-5-22(29)28(19-10-11-19)14-12-17-6-8-18(15-26)9-7-17/h1,3-4,6-9,19,27H,2,5,10-14,16H2. The maximum Gasteiger partial charge on any atom is 0.222 e. The summed E-state index contributed by atoms with van der Waals surface area (Å²) in [6.45, 7) is 1.04. The Morgan fingerprint density at radius 3 is 2.53 bits per heavy atom. The van der Waals surface area contributed by atoms with Crippen molar-refractivity contribution < 1.29 is 13.2 Å². The summed E-state index contributed by atoms with van der Waals surface area (Å²) in [5.74, 6) is -0.185. The second-order valence-electron chi connectivity index (χ2n) is 7.79. The highest BCUT2D eigenvalue weighted by Gasteiger charge is 2.31. The van der Waals surface area contributed by atoms with Crippen LogP contribution in [0.1, 0.15) is 36.8 Å². The predicted molar refractivity (Wildman–Crippen MR) is 125 cm³/mol. The van der Waals surface area contributed by atoms with Gasteiger partial charge < -0.3 is 10.2 Å². The predicted octanol–water partition coefficient (Wildman–Crippen LogP) is 4.20. The number of carbonyl (C=O) groups excluding carboxylic acids is 1. The van der Waals surface area contributed by atoms with Crippen molar-refractivity contribution in [2.45, 2.75) is 43.0 Å². The zero-order valence-electron chi connectivity index (χ0n) is 17.6. The molecule has 9 heteroatoms. The van der Waals surface area contributed by atoms with Crippen molar-refractivity contribution in [1.29, 1.82) is 5.26 Å². The smallest absolute Gasteiger partial charge is 0.222 e. The van der Waals surface area contributed by atoms with Crippen molar-refractivity contribution in [2.24, 2.45) is 0 Å². The van der Waals surface area contributed by atoms with Crippen LogP contribution in [0.3, 0.4) is 0 Å². The number of rotatable bonds is 11. The monoisotopic (exact) mass is 493 g/mol. The van der Waals surface area contributed by atoms with Gasteiger partial charge in [0.2, 0.25) is 5.91 Å².